The molecule has 0 spiro atoms. The van der Waals surface area contributed by atoms with Crippen LogP contribution in [0.2, 0.25) is 0 Å². The van der Waals surface area contributed by atoms with Gasteiger partial charge >= 0.3 is 0 Å². The van der Waals surface area contributed by atoms with Crippen LogP contribution in [-0.4, -0.2) is 12.1 Å². The molecule has 102 valence electrons. The van der Waals surface area contributed by atoms with Crippen molar-refractivity contribution in [3.05, 3.63) is 70.5 Å². The number of hydrazone groups is 1. The predicted octanol–water partition coefficient (Wildman–Crippen LogP) is 3.21. The largest absolute Gasteiger partial charge is 0.271 e. The molecule has 0 aromatic heterocycles. The van der Waals surface area contributed by atoms with Crippen LogP contribution in [0.25, 0.3) is 0 Å². The summed E-state index contributed by atoms with van der Waals surface area (Å²) in [6.07, 6.45) is 1.29. The van der Waals surface area contributed by atoms with Gasteiger partial charge in [0.05, 0.1) is 6.21 Å². The lowest BCUT2D eigenvalue weighted by Gasteiger charge is -2.03. The molecule has 0 heterocycles. The maximum Gasteiger partial charge on any atom is 0.271 e. The fraction of sp³-hybridized carbons (Fsp3) is 0.125. The molecule has 2 aromatic carbocycles. The lowest BCUT2D eigenvalue weighted by molar-refractivity contribution is 0.0955. The summed E-state index contributed by atoms with van der Waals surface area (Å²) in [7, 11) is 0. The van der Waals surface area contributed by atoms with Crippen molar-refractivity contribution in [1.29, 1.82) is 0 Å². The van der Waals surface area contributed by atoms with E-state index in [0.29, 0.717) is 11.1 Å². The topological polar surface area (TPSA) is 41.5 Å². The van der Waals surface area contributed by atoms with Crippen molar-refractivity contribution in [2.75, 3.05) is 0 Å². The minimum Gasteiger partial charge on any atom is -0.267 e. The van der Waals surface area contributed by atoms with E-state index >= 15 is 0 Å². The summed E-state index contributed by atoms with van der Waals surface area (Å²) in [5.41, 5.74) is 5.40. The van der Waals surface area contributed by atoms with Crippen LogP contribution >= 0.6 is 0 Å². The minimum absolute atomic E-state index is 0.319. The van der Waals surface area contributed by atoms with Gasteiger partial charge in [-0.1, -0.05) is 24.3 Å². The number of halogens is 1. The van der Waals surface area contributed by atoms with Crippen LogP contribution in [0, 0.1) is 19.7 Å². The van der Waals surface area contributed by atoms with Crippen molar-refractivity contribution < 1.29 is 9.18 Å². The second-order valence-corrected chi connectivity index (χ2v) is 4.52. The van der Waals surface area contributed by atoms with Crippen LogP contribution < -0.4 is 5.43 Å². The molecular formula is C16H15FN2O. The average molecular weight is 270 g/mol. The minimum atomic E-state index is -0.378. The number of hydrogen-bond acceptors (Lipinski definition) is 2. The van der Waals surface area contributed by atoms with Gasteiger partial charge in [-0.2, -0.15) is 5.10 Å². The van der Waals surface area contributed by atoms with Gasteiger partial charge in [-0.15, -0.1) is 0 Å². The van der Waals surface area contributed by atoms with Gasteiger partial charge in [0, 0.05) is 11.1 Å². The summed E-state index contributed by atoms with van der Waals surface area (Å²) >= 11 is 0. The molecule has 1 amide bonds. The zero-order valence-electron chi connectivity index (χ0n) is 11.4. The lowest BCUT2D eigenvalue weighted by Crippen LogP contribution is -2.17. The Labute approximate surface area is 117 Å². The van der Waals surface area contributed by atoms with Crippen LogP contribution in [0.4, 0.5) is 4.39 Å². The van der Waals surface area contributed by atoms with Gasteiger partial charge in [-0.05, 0) is 43.2 Å². The van der Waals surface area contributed by atoms with Crippen LogP contribution in [0.15, 0.2) is 47.6 Å². The highest BCUT2D eigenvalue weighted by Gasteiger charge is 2.05. The number of carbonyl (C=O) groups excluding carboxylic acids is 1. The predicted molar refractivity (Wildman–Crippen MR) is 77.4 cm³/mol. The van der Waals surface area contributed by atoms with Crippen molar-refractivity contribution in [1.82, 2.24) is 5.43 Å². The third kappa shape index (κ3) is 3.29. The highest BCUT2D eigenvalue weighted by molar-refractivity contribution is 5.95. The van der Waals surface area contributed by atoms with Gasteiger partial charge in [-0.3, -0.25) is 4.79 Å². The molecule has 0 aliphatic heterocycles. The SMILES string of the molecule is Cc1ccc(C(=O)N/N=C/c2ccccc2F)cc1C. The molecule has 4 heteroatoms. The number of aryl methyl sites for hydroxylation is 2. The molecule has 20 heavy (non-hydrogen) atoms. The fourth-order valence-electron chi connectivity index (χ4n) is 1.69. The quantitative estimate of drug-likeness (QED) is 0.675. The van der Waals surface area contributed by atoms with E-state index in [0.717, 1.165) is 11.1 Å². The number of rotatable bonds is 3. The Morgan fingerprint density at radius 1 is 1.15 bits per heavy atom. The van der Waals surface area contributed by atoms with E-state index in [4.69, 9.17) is 0 Å². The highest BCUT2D eigenvalue weighted by atomic mass is 19.1. The van der Waals surface area contributed by atoms with Gasteiger partial charge in [0.2, 0.25) is 0 Å². The zero-order chi connectivity index (χ0) is 14.5. The summed E-state index contributed by atoms with van der Waals surface area (Å²) in [5, 5.41) is 3.77. The molecule has 0 radical (unpaired) electrons. The Morgan fingerprint density at radius 2 is 1.90 bits per heavy atom. The molecule has 0 atom stereocenters. The lowest BCUT2D eigenvalue weighted by atomic mass is 10.1. The molecule has 0 aliphatic rings. The molecule has 0 aliphatic carbocycles. The first-order valence-corrected chi connectivity index (χ1v) is 6.23. The molecule has 2 aromatic rings. The number of carbonyl (C=O) groups is 1. The Morgan fingerprint density at radius 3 is 2.60 bits per heavy atom. The first-order chi connectivity index (χ1) is 9.58. The normalized spacial score (nSPS) is 10.8. The Bertz CT molecular complexity index is 665. The maximum atomic E-state index is 13.3. The molecule has 2 rings (SSSR count). The van der Waals surface area contributed by atoms with E-state index in [2.05, 4.69) is 10.5 Å². The van der Waals surface area contributed by atoms with Gasteiger partial charge in [0.15, 0.2) is 0 Å². The van der Waals surface area contributed by atoms with E-state index in [-0.39, 0.29) is 11.7 Å². The third-order valence-electron chi connectivity index (χ3n) is 3.04. The van der Waals surface area contributed by atoms with Crippen molar-refractivity contribution >= 4 is 12.1 Å². The van der Waals surface area contributed by atoms with Crippen molar-refractivity contribution in [3.63, 3.8) is 0 Å². The summed E-state index contributed by atoms with van der Waals surface area (Å²) in [6.45, 7) is 3.92. The molecule has 0 fully saturated rings. The first-order valence-electron chi connectivity index (χ1n) is 6.23. The van der Waals surface area contributed by atoms with Crippen LogP contribution in [0.1, 0.15) is 27.0 Å². The van der Waals surface area contributed by atoms with Gasteiger partial charge < -0.3 is 0 Å². The van der Waals surface area contributed by atoms with E-state index in [1.54, 1.807) is 30.3 Å². The maximum absolute atomic E-state index is 13.3. The zero-order valence-corrected chi connectivity index (χ0v) is 11.4. The Hall–Kier alpha value is -2.49. The summed E-state index contributed by atoms with van der Waals surface area (Å²) in [5.74, 6) is -0.697. The summed E-state index contributed by atoms with van der Waals surface area (Å²) in [4.78, 5) is 11.9. The number of benzene rings is 2. The molecule has 0 bridgehead atoms. The number of nitrogens with one attached hydrogen (secondary N) is 1. The number of nitrogens with zero attached hydrogens (tertiary/aromatic N) is 1. The van der Waals surface area contributed by atoms with Gasteiger partial charge in [0.25, 0.3) is 5.91 Å². The van der Waals surface area contributed by atoms with Gasteiger partial charge in [0.1, 0.15) is 5.82 Å². The smallest absolute Gasteiger partial charge is 0.267 e. The number of hydrogen-bond donors (Lipinski definition) is 1. The van der Waals surface area contributed by atoms with Crippen molar-refractivity contribution in [3.8, 4) is 0 Å². The van der Waals surface area contributed by atoms with Crippen molar-refractivity contribution in [2.45, 2.75) is 13.8 Å². The second-order valence-electron chi connectivity index (χ2n) is 4.52. The Kier molecular flexibility index (Phi) is 4.25. The highest BCUT2D eigenvalue weighted by Crippen LogP contribution is 2.09. The second kappa shape index (κ2) is 6.10. The summed E-state index contributed by atoms with van der Waals surface area (Å²) in [6, 6.07) is 11.6. The number of amides is 1. The van der Waals surface area contributed by atoms with E-state index < -0.39 is 0 Å². The van der Waals surface area contributed by atoms with E-state index in [9.17, 15) is 9.18 Å². The molecule has 3 nitrogen and oxygen atoms in total. The monoisotopic (exact) mass is 270 g/mol. The first kappa shape index (κ1) is 13.9. The molecule has 0 saturated carbocycles. The standard InChI is InChI=1S/C16H15FN2O/c1-11-7-8-13(9-12(11)2)16(20)19-18-10-14-5-3-4-6-15(14)17/h3-10H,1-2H3,(H,19,20)/b18-10+. The van der Waals surface area contributed by atoms with Gasteiger partial charge in [-0.25, -0.2) is 9.82 Å². The Balaban J connectivity index is 2.05. The third-order valence-corrected chi connectivity index (χ3v) is 3.04. The molecule has 0 unspecified atom stereocenters. The van der Waals surface area contributed by atoms with Crippen LogP contribution in [0.3, 0.4) is 0 Å². The fourth-order valence-corrected chi connectivity index (χ4v) is 1.69. The van der Waals surface area contributed by atoms with E-state index in [1.165, 1.54) is 12.3 Å². The summed E-state index contributed by atoms with van der Waals surface area (Å²) < 4.78 is 13.3. The average Bonchev–Trinajstić information content (AvgIpc) is 2.44. The van der Waals surface area contributed by atoms with Crippen LogP contribution in [-0.2, 0) is 0 Å². The molecular weight excluding hydrogens is 255 g/mol. The van der Waals surface area contributed by atoms with Crippen LogP contribution in [0.5, 0.6) is 0 Å². The van der Waals surface area contributed by atoms with E-state index in [1.807, 2.05) is 19.9 Å². The molecule has 1 N–H and O–H groups in total. The molecule has 0 saturated heterocycles. The van der Waals surface area contributed by atoms with Crippen molar-refractivity contribution in [2.24, 2.45) is 5.10 Å².